The molecule has 0 heterocycles. The molecule has 0 fully saturated rings. The number of halogens is 1. The summed E-state index contributed by atoms with van der Waals surface area (Å²) >= 11 is 7.97. The molecule has 1 aromatic rings. The van der Waals surface area contributed by atoms with Crippen molar-refractivity contribution in [2.45, 2.75) is 0 Å². The average Bonchev–Trinajstić information content (AvgIpc) is 2.17. The lowest BCUT2D eigenvalue weighted by Gasteiger charge is -2.04. The highest BCUT2D eigenvalue weighted by Crippen LogP contribution is 2.21. The molecule has 80 valence electrons. The number of hydrogen-bond donors (Lipinski definition) is 2. The van der Waals surface area contributed by atoms with Crippen molar-refractivity contribution in [1.29, 1.82) is 0 Å². The van der Waals surface area contributed by atoms with Crippen LogP contribution >= 0.6 is 28.1 Å². The standard InChI is InChI=1S/C9H10BrN3OS/c1-14-8-3-2-7(10)4-6(8)5-12-13-9(11)15/h2-5H,1H3,(H3,11,13,15)/b12-5-. The van der Waals surface area contributed by atoms with Gasteiger partial charge in [0.2, 0.25) is 0 Å². The second-order valence-electron chi connectivity index (χ2n) is 2.62. The van der Waals surface area contributed by atoms with E-state index in [1.165, 1.54) is 0 Å². The molecule has 0 unspecified atom stereocenters. The normalized spacial score (nSPS) is 10.3. The molecule has 3 N–H and O–H groups in total. The predicted octanol–water partition coefficient (Wildman–Crippen LogP) is 1.62. The number of rotatable bonds is 3. The van der Waals surface area contributed by atoms with Gasteiger partial charge in [-0.1, -0.05) is 15.9 Å². The van der Waals surface area contributed by atoms with Gasteiger partial charge in [-0.05, 0) is 30.4 Å². The zero-order valence-electron chi connectivity index (χ0n) is 8.03. The van der Waals surface area contributed by atoms with Crippen molar-refractivity contribution in [3.05, 3.63) is 28.2 Å². The van der Waals surface area contributed by atoms with Gasteiger partial charge < -0.3 is 10.5 Å². The summed E-state index contributed by atoms with van der Waals surface area (Å²) in [6.45, 7) is 0. The first-order valence-electron chi connectivity index (χ1n) is 4.05. The molecular weight excluding hydrogens is 278 g/mol. The summed E-state index contributed by atoms with van der Waals surface area (Å²) in [5.74, 6) is 0.728. The van der Waals surface area contributed by atoms with Crippen molar-refractivity contribution in [1.82, 2.24) is 5.43 Å². The minimum Gasteiger partial charge on any atom is -0.496 e. The van der Waals surface area contributed by atoms with Gasteiger partial charge in [-0.15, -0.1) is 0 Å². The molecule has 0 aliphatic heterocycles. The van der Waals surface area contributed by atoms with E-state index in [0.717, 1.165) is 15.8 Å². The fraction of sp³-hybridized carbons (Fsp3) is 0.111. The van der Waals surface area contributed by atoms with E-state index in [2.05, 4.69) is 38.7 Å². The lowest BCUT2D eigenvalue weighted by Crippen LogP contribution is -2.24. The second kappa shape index (κ2) is 5.67. The van der Waals surface area contributed by atoms with Gasteiger partial charge in [-0.3, -0.25) is 5.43 Å². The molecule has 0 spiro atoms. The Morgan fingerprint density at radius 3 is 3.00 bits per heavy atom. The molecule has 0 aliphatic rings. The zero-order valence-corrected chi connectivity index (χ0v) is 10.4. The van der Waals surface area contributed by atoms with Crippen molar-refractivity contribution in [3.8, 4) is 5.75 Å². The summed E-state index contributed by atoms with van der Waals surface area (Å²) in [7, 11) is 1.60. The van der Waals surface area contributed by atoms with E-state index in [0.29, 0.717) is 0 Å². The maximum absolute atomic E-state index is 5.22. The number of ether oxygens (including phenoxy) is 1. The van der Waals surface area contributed by atoms with E-state index in [4.69, 9.17) is 10.5 Å². The molecule has 1 aromatic carbocycles. The lowest BCUT2D eigenvalue weighted by atomic mass is 10.2. The van der Waals surface area contributed by atoms with Crippen LogP contribution in [0.3, 0.4) is 0 Å². The van der Waals surface area contributed by atoms with E-state index >= 15 is 0 Å². The number of thiocarbonyl (C=S) groups is 1. The van der Waals surface area contributed by atoms with Crippen LogP contribution in [0.1, 0.15) is 5.56 Å². The molecule has 6 heteroatoms. The maximum atomic E-state index is 5.22. The highest BCUT2D eigenvalue weighted by atomic mass is 79.9. The molecule has 0 aromatic heterocycles. The Labute approximate surface area is 102 Å². The predicted molar refractivity (Wildman–Crippen MR) is 68.2 cm³/mol. The fourth-order valence-corrected chi connectivity index (χ4v) is 1.40. The van der Waals surface area contributed by atoms with Crippen LogP contribution in [0, 0.1) is 0 Å². The molecule has 0 bridgehead atoms. The van der Waals surface area contributed by atoms with Crippen LogP contribution in [-0.2, 0) is 0 Å². The number of hydrogen-bond acceptors (Lipinski definition) is 3. The number of nitrogens with two attached hydrogens (primary N) is 1. The Bertz CT molecular complexity index is 395. The number of nitrogens with zero attached hydrogens (tertiary/aromatic N) is 1. The summed E-state index contributed by atoms with van der Waals surface area (Å²) in [5, 5.41) is 3.97. The van der Waals surface area contributed by atoms with Crippen molar-refractivity contribution in [3.63, 3.8) is 0 Å². The molecule has 4 nitrogen and oxygen atoms in total. The monoisotopic (exact) mass is 287 g/mol. The van der Waals surface area contributed by atoms with Gasteiger partial charge >= 0.3 is 0 Å². The summed E-state index contributed by atoms with van der Waals surface area (Å²) in [5.41, 5.74) is 8.52. The Kier molecular flexibility index (Phi) is 4.51. The quantitative estimate of drug-likeness (QED) is 0.504. The first kappa shape index (κ1) is 11.9. The summed E-state index contributed by atoms with van der Waals surface area (Å²) < 4.78 is 6.10. The summed E-state index contributed by atoms with van der Waals surface area (Å²) in [6, 6.07) is 5.60. The number of hydrazone groups is 1. The Morgan fingerprint density at radius 1 is 1.67 bits per heavy atom. The van der Waals surface area contributed by atoms with Crippen LogP contribution < -0.4 is 15.9 Å². The Morgan fingerprint density at radius 2 is 2.40 bits per heavy atom. The van der Waals surface area contributed by atoms with Gasteiger partial charge in [-0.2, -0.15) is 5.10 Å². The smallest absolute Gasteiger partial charge is 0.184 e. The zero-order chi connectivity index (χ0) is 11.3. The molecule has 0 amide bonds. The van der Waals surface area contributed by atoms with Gasteiger partial charge in [0, 0.05) is 10.0 Å². The van der Waals surface area contributed by atoms with Gasteiger partial charge in [0.15, 0.2) is 5.11 Å². The van der Waals surface area contributed by atoms with Crippen molar-refractivity contribution < 1.29 is 4.74 Å². The van der Waals surface area contributed by atoms with Gasteiger partial charge in [0.25, 0.3) is 0 Å². The maximum Gasteiger partial charge on any atom is 0.184 e. The van der Waals surface area contributed by atoms with E-state index in [9.17, 15) is 0 Å². The second-order valence-corrected chi connectivity index (χ2v) is 3.98. The van der Waals surface area contributed by atoms with E-state index < -0.39 is 0 Å². The lowest BCUT2D eigenvalue weighted by molar-refractivity contribution is 0.414. The van der Waals surface area contributed by atoms with Crippen molar-refractivity contribution in [2.75, 3.05) is 7.11 Å². The highest BCUT2D eigenvalue weighted by Gasteiger charge is 2.00. The van der Waals surface area contributed by atoms with Crippen LogP contribution in [0.4, 0.5) is 0 Å². The largest absolute Gasteiger partial charge is 0.496 e. The third-order valence-electron chi connectivity index (χ3n) is 1.57. The summed E-state index contributed by atoms with van der Waals surface area (Å²) in [6.07, 6.45) is 1.59. The first-order chi connectivity index (χ1) is 7.13. The third-order valence-corrected chi connectivity index (χ3v) is 2.15. The molecule has 1 rings (SSSR count). The molecule has 0 radical (unpaired) electrons. The third kappa shape index (κ3) is 3.85. The molecule has 0 saturated heterocycles. The highest BCUT2D eigenvalue weighted by molar-refractivity contribution is 9.10. The molecule has 0 aliphatic carbocycles. The molecular formula is C9H10BrN3OS. The first-order valence-corrected chi connectivity index (χ1v) is 5.25. The van der Waals surface area contributed by atoms with Crippen LogP contribution in [-0.4, -0.2) is 18.4 Å². The van der Waals surface area contributed by atoms with Crippen molar-refractivity contribution >= 4 is 39.5 Å². The van der Waals surface area contributed by atoms with Crippen LogP contribution in [0.5, 0.6) is 5.75 Å². The van der Waals surface area contributed by atoms with Crippen molar-refractivity contribution in [2.24, 2.45) is 10.8 Å². The van der Waals surface area contributed by atoms with Gasteiger partial charge in [-0.25, -0.2) is 0 Å². The Hall–Kier alpha value is -1.14. The van der Waals surface area contributed by atoms with Crippen LogP contribution in [0.2, 0.25) is 0 Å². The van der Waals surface area contributed by atoms with Crippen LogP contribution in [0.25, 0.3) is 0 Å². The summed E-state index contributed by atoms with van der Waals surface area (Å²) in [4.78, 5) is 0. The van der Waals surface area contributed by atoms with E-state index in [1.54, 1.807) is 13.3 Å². The van der Waals surface area contributed by atoms with E-state index in [-0.39, 0.29) is 5.11 Å². The number of nitrogens with one attached hydrogen (secondary N) is 1. The van der Waals surface area contributed by atoms with Gasteiger partial charge in [0.1, 0.15) is 5.75 Å². The van der Waals surface area contributed by atoms with Gasteiger partial charge in [0.05, 0.1) is 13.3 Å². The Balaban J connectivity index is 2.87. The number of benzene rings is 1. The molecule has 15 heavy (non-hydrogen) atoms. The SMILES string of the molecule is COc1ccc(Br)cc1/C=N\NC(N)=S. The molecule has 0 atom stereocenters. The number of methoxy groups -OCH3 is 1. The molecule has 0 saturated carbocycles. The average molecular weight is 288 g/mol. The fourth-order valence-electron chi connectivity index (χ4n) is 0.972. The minimum absolute atomic E-state index is 0.125. The van der Waals surface area contributed by atoms with Crippen LogP contribution in [0.15, 0.2) is 27.8 Å². The van der Waals surface area contributed by atoms with E-state index in [1.807, 2.05) is 18.2 Å². The minimum atomic E-state index is 0.125. The topological polar surface area (TPSA) is 59.6 Å².